The van der Waals surface area contributed by atoms with Crippen molar-refractivity contribution in [1.82, 2.24) is 10.2 Å². The van der Waals surface area contributed by atoms with Gasteiger partial charge in [0.1, 0.15) is 5.75 Å². The second kappa shape index (κ2) is 9.41. The minimum atomic E-state index is -0.611. The van der Waals surface area contributed by atoms with E-state index in [-0.39, 0.29) is 17.6 Å². The van der Waals surface area contributed by atoms with Gasteiger partial charge < -0.3 is 13.9 Å². The minimum Gasteiger partial charge on any atom is -0.494 e. The predicted octanol–water partition coefficient (Wildman–Crippen LogP) is 4.84. The van der Waals surface area contributed by atoms with Gasteiger partial charge in [0, 0.05) is 10.5 Å². The van der Waals surface area contributed by atoms with Crippen LogP contribution in [0.25, 0.3) is 11.5 Å². The molecule has 0 aliphatic carbocycles. The maximum atomic E-state index is 12.1. The van der Waals surface area contributed by atoms with Crippen LogP contribution in [0.1, 0.15) is 31.4 Å². The van der Waals surface area contributed by atoms with Crippen LogP contribution >= 0.6 is 11.8 Å². The largest absolute Gasteiger partial charge is 0.494 e. The summed E-state index contributed by atoms with van der Waals surface area (Å²) in [5.41, 5.74) is 1.98. The summed E-state index contributed by atoms with van der Waals surface area (Å²) in [5.74, 6) is 1.33. The number of ether oxygens (including phenoxy) is 2. The maximum absolute atomic E-state index is 12.1. The van der Waals surface area contributed by atoms with Crippen LogP contribution in [0.4, 0.5) is 0 Å². The van der Waals surface area contributed by atoms with E-state index >= 15 is 0 Å². The number of carbonyl (C=O) groups excluding carboxylic acids is 1. The number of thioether (sulfide) groups is 1. The fraction of sp³-hybridized carbons (Fsp3) is 0.286. The van der Waals surface area contributed by atoms with E-state index in [1.165, 1.54) is 11.8 Å². The molecule has 0 unspecified atom stereocenters. The van der Waals surface area contributed by atoms with Crippen molar-refractivity contribution >= 4 is 17.7 Å². The summed E-state index contributed by atoms with van der Waals surface area (Å²) in [4.78, 5) is 13.1. The van der Waals surface area contributed by atoms with Crippen LogP contribution in [0.3, 0.4) is 0 Å². The maximum Gasteiger partial charge on any atom is 0.317 e. The van der Waals surface area contributed by atoms with Gasteiger partial charge in [-0.15, -0.1) is 22.0 Å². The first-order valence-corrected chi connectivity index (χ1v) is 9.99. The Balaban J connectivity index is 1.52. The van der Waals surface area contributed by atoms with E-state index in [1.807, 2.05) is 62.4 Å². The highest BCUT2D eigenvalue weighted by molar-refractivity contribution is 8.00. The van der Waals surface area contributed by atoms with E-state index in [2.05, 4.69) is 10.2 Å². The van der Waals surface area contributed by atoms with Gasteiger partial charge in [-0.25, -0.2) is 0 Å². The van der Waals surface area contributed by atoms with E-state index in [0.717, 1.165) is 21.8 Å². The first-order valence-electron chi connectivity index (χ1n) is 9.00. The Morgan fingerprint density at radius 2 is 1.82 bits per heavy atom. The van der Waals surface area contributed by atoms with Crippen molar-refractivity contribution in [2.24, 2.45) is 0 Å². The SMILES string of the molecule is CCOc1ccc(SCC(=O)O[C@@H](C)c2nnc(-c3ccc(C)cc3)o2)cc1. The number of hydrogen-bond donors (Lipinski definition) is 0. The molecule has 0 radical (unpaired) electrons. The van der Waals surface area contributed by atoms with Gasteiger partial charge in [-0.2, -0.15) is 0 Å². The molecule has 0 bridgehead atoms. The molecule has 1 atom stereocenters. The number of esters is 1. The Hall–Kier alpha value is -2.80. The molecule has 1 heterocycles. The smallest absolute Gasteiger partial charge is 0.317 e. The highest BCUT2D eigenvalue weighted by Crippen LogP contribution is 2.25. The lowest BCUT2D eigenvalue weighted by Crippen LogP contribution is -2.11. The van der Waals surface area contributed by atoms with E-state index in [1.54, 1.807) is 6.92 Å². The molecule has 0 spiro atoms. The van der Waals surface area contributed by atoms with Crippen LogP contribution in [-0.2, 0) is 9.53 Å². The zero-order valence-electron chi connectivity index (χ0n) is 16.0. The van der Waals surface area contributed by atoms with E-state index in [0.29, 0.717) is 12.5 Å². The molecule has 3 aromatic rings. The van der Waals surface area contributed by atoms with Crippen molar-refractivity contribution in [3.63, 3.8) is 0 Å². The van der Waals surface area contributed by atoms with Crippen molar-refractivity contribution in [1.29, 1.82) is 0 Å². The number of rotatable bonds is 8. The van der Waals surface area contributed by atoms with E-state index in [9.17, 15) is 4.79 Å². The normalized spacial score (nSPS) is 11.8. The Kier molecular flexibility index (Phi) is 6.71. The van der Waals surface area contributed by atoms with Crippen LogP contribution in [-0.4, -0.2) is 28.5 Å². The summed E-state index contributed by atoms with van der Waals surface area (Å²) in [5, 5.41) is 8.04. The molecule has 146 valence electrons. The average molecular weight is 398 g/mol. The highest BCUT2D eigenvalue weighted by Gasteiger charge is 2.19. The van der Waals surface area contributed by atoms with Gasteiger partial charge in [-0.3, -0.25) is 4.79 Å². The van der Waals surface area contributed by atoms with Gasteiger partial charge >= 0.3 is 5.97 Å². The zero-order valence-corrected chi connectivity index (χ0v) is 16.9. The number of aromatic nitrogens is 2. The van der Waals surface area contributed by atoms with Gasteiger partial charge in [-0.1, -0.05) is 17.7 Å². The van der Waals surface area contributed by atoms with Crippen LogP contribution in [0.2, 0.25) is 0 Å². The Bertz CT molecular complexity index is 907. The van der Waals surface area contributed by atoms with Crippen molar-refractivity contribution in [2.45, 2.75) is 31.8 Å². The first-order chi connectivity index (χ1) is 13.5. The lowest BCUT2D eigenvalue weighted by atomic mass is 10.1. The third-order valence-electron chi connectivity index (χ3n) is 3.89. The first kappa shape index (κ1) is 19.9. The standard InChI is InChI=1S/C21H22N2O4S/c1-4-25-17-9-11-18(12-10-17)28-13-19(24)26-15(3)20-22-23-21(27-20)16-7-5-14(2)6-8-16/h5-12,15H,4,13H2,1-3H3/t15-/m0/s1. The van der Waals surface area contributed by atoms with Gasteiger partial charge in [0.15, 0.2) is 6.10 Å². The summed E-state index contributed by atoms with van der Waals surface area (Å²) in [6.07, 6.45) is -0.611. The monoisotopic (exact) mass is 398 g/mol. The molecule has 7 heteroatoms. The molecule has 1 aromatic heterocycles. The highest BCUT2D eigenvalue weighted by atomic mass is 32.2. The van der Waals surface area contributed by atoms with Crippen LogP contribution in [0.5, 0.6) is 5.75 Å². The van der Waals surface area contributed by atoms with Crippen LogP contribution < -0.4 is 4.74 Å². The quantitative estimate of drug-likeness (QED) is 0.397. The van der Waals surface area contributed by atoms with E-state index < -0.39 is 6.10 Å². The minimum absolute atomic E-state index is 0.192. The van der Waals surface area contributed by atoms with E-state index in [4.69, 9.17) is 13.9 Å². The van der Waals surface area contributed by atoms with Crippen LogP contribution in [0.15, 0.2) is 57.8 Å². The molecule has 0 aliphatic rings. The molecule has 0 N–H and O–H groups in total. The Labute approximate surface area is 168 Å². The van der Waals surface area contributed by atoms with Crippen molar-refractivity contribution in [3.8, 4) is 17.2 Å². The number of nitrogens with zero attached hydrogens (tertiary/aromatic N) is 2. The second-order valence-corrected chi connectivity index (χ2v) is 7.19. The predicted molar refractivity (Wildman–Crippen MR) is 107 cm³/mol. The fourth-order valence-corrected chi connectivity index (χ4v) is 3.12. The van der Waals surface area contributed by atoms with Crippen molar-refractivity contribution in [2.75, 3.05) is 12.4 Å². The van der Waals surface area contributed by atoms with Gasteiger partial charge in [0.2, 0.25) is 5.89 Å². The molecule has 0 amide bonds. The number of benzene rings is 2. The zero-order chi connectivity index (χ0) is 19.9. The lowest BCUT2D eigenvalue weighted by Gasteiger charge is -2.09. The van der Waals surface area contributed by atoms with Gasteiger partial charge in [0.25, 0.3) is 5.89 Å². The van der Waals surface area contributed by atoms with Gasteiger partial charge in [-0.05, 0) is 57.2 Å². The Morgan fingerprint density at radius 3 is 2.50 bits per heavy atom. The molecule has 6 nitrogen and oxygen atoms in total. The molecular formula is C21H22N2O4S. The number of hydrogen-bond acceptors (Lipinski definition) is 7. The summed E-state index contributed by atoms with van der Waals surface area (Å²) in [6, 6.07) is 15.4. The summed E-state index contributed by atoms with van der Waals surface area (Å²) < 4.78 is 16.5. The molecule has 0 aliphatic heterocycles. The van der Waals surface area contributed by atoms with Crippen molar-refractivity contribution < 1.29 is 18.7 Å². The lowest BCUT2D eigenvalue weighted by molar-refractivity contribution is -0.146. The molecule has 0 fully saturated rings. The van der Waals surface area contributed by atoms with Crippen molar-refractivity contribution in [3.05, 3.63) is 60.0 Å². The third kappa shape index (κ3) is 5.36. The molecule has 0 saturated carbocycles. The fourth-order valence-electron chi connectivity index (χ4n) is 2.43. The number of carbonyl (C=O) groups is 1. The topological polar surface area (TPSA) is 74.5 Å². The van der Waals surface area contributed by atoms with Gasteiger partial charge in [0.05, 0.1) is 12.4 Å². The second-order valence-electron chi connectivity index (χ2n) is 6.14. The molecule has 3 rings (SSSR count). The summed E-state index contributed by atoms with van der Waals surface area (Å²) >= 11 is 1.40. The summed E-state index contributed by atoms with van der Waals surface area (Å²) in [7, 11) is 0. The molecule has 2 aromatic carbocycles. The number of aryl methyl sites for hydroxylation is 1. The Morgan fingerprint density at radius 1 is 1.11 bits per heavy atom. The molecule has 28 heavy (non-hydrogen) atoms. The molecular weight excluding hydrogens is 376 g/mol. The van der Waals surface area contributed by atoms with Crippen LogP contribution in [0, 0.1) is 6.92 Å². The average Bonchev–Trinajstić information content (AvgIpc) is 3.19. The molecule has 0 saturated heterocycles. The third-order valence-corrected chi connectivity index (χ3v) is 4.87. The summed E-state index contributed by atoms with van der Waals surface area (Å²) in [6.45, 7) is 6.28.